The van der Waals surface area contributed by atoms with Crippen LogP contribution >= 0.6 is 23.8 Å². The van der Waals surface area contributed by atoms with E-state index in [-0.39, 0.29) is 29.4 Å². The number of halogens is 2. The number of methoxy groups -OCH3 is 1. The number of esters is 1. The van der Waals surface area contributed by atoms with Crippen molar-refractivity contribution in [1.82, 2.24) is 10.2 Å². The number of hydrogen-bond acceptors (Lipinski definition) is 4. The van der Waals surface area contributed by atoms with Gasteiger partial charge in [-0.15, -0.1) is 0 Å². The highest BCUT2D eigenvalue weighted by Crippen LogP contribution is 2.35. The fraction of sp³-hybridized carbons (Fsp3) is 0.375. The number of allylic oxidation sites excluding steroid dienone is 1. The summed E-state index contributed by atoms with van der Waals surface area (Å²) in [5, 5.41) is 3.53. The molecule has 0 aromatic heterocycles. The Hall–Kier alpha value is -1.70. The number of thiocarbonyl (C=S) groups is 1. The average Bonchev–Trinajstić information content (AvgIpc) is 2.52. The molecule has 1 aliphatic rings. The van der Waals surface area contributed by atoms with E-state index in [4.69, 9.17) is 33.3 Å². The molecule has 8 heteroatoms. The third kappa shape index (κ3) is 3.68. The minimum atomic E-state index is -0.822. The van der Waals surface area contributed by atoms with Crippen molar-refractivity contribution in [3.63, 3.8) is 0 Å². The second-order valence-corrected chi connectivity index (χ2v) is 6.00. The second kappa shape index (κ2) is 7.92. The topological polar surface area (TPSA) is 50.8 Å². The molecule has 1 atom stereocenters. The number of hydrogen-bond donors (Lipinski definition) is 1. The minimum Gasteiger partial charge on any atom is -0.460 e. The molecule has 1 heterocycles. The summed E-state index contributed by atoms with van der Waals surface area (Å²) in [4.78, 5) is 14.2. The summed E-state index contributed by atoms with van der Waals surface area (Å²) in [6.45, 7) is 2.09. The van der Waals surface area contributed by atoms with Gasteiger partial charge in [-0.25, -0.2) is 9.18 Å². The summed E-state index contributed by atoms with van der Waals surface area (Å²) < 4.78 is 24.4. The first-order valence-corrected chi connectivity index (χ1v) is 8.02. The molecule has 2 rings (SSSR count). The zero-order valence-electron chi connectivity index (χ0n) is 13.6. The molecular weight excluding hydrogens is 355 g/mol. The van der Waals surface area contributed by atoms with Crippen molar-refractivity contribution in [3.05, 3.63) is 45.9 Å². The van der Waals surface area contributed by atoms with Gasteiger partial charge in [0.25, 0.3) is 0 Å². The van der Waals surface area contributed by atoms with E-state index in [2.05, 4.69) is 5.32 Å². The van der Waals surface area contributed by atoms with Crippen LogP contribution in [-0.4, -0.2) is 43.4 Å². The van der Waals surface area contributed by atoms with Gasteiger partial charge < -0.3 is 19.7 Å². The summed E-state index contributed by atoms with van der Waals surface area (Å²) >= 11 is 11.4. The third-order valence-corrected chi connectivity index (χ3v) is 4.50. The molecule has 0 saturated heterocycles. The number of carbonyl (C=O) groups excluding carboxylic acids is 1. The zero-order valence-corrected chi connectivity index (χ0v) is 15.1. The molecular formula is C16H18ClFN2O3S. The lowest BCUT2D eigenvalue weighted by Gasteiger charge is -2.35. The molecule has 0 saturated carbocycles. The molecule has 1 aliphatic heterocycles. The van der Waals surface area contributed by atoms with Gasteiger partial charge in [-0.1, -0.05) is 17.7 Å². The summed E-state index contributed by atoms with van der Waals surface area (Å²) in [5.41, 5.74) is 0.993. The van der Waals surface area contributed by atoms with Gasteiger partial charge in [0.2, 0.25) is 0 Å². The number of nitrogens with one attached hydrogen (secondary N) is 1. The number of carbonyl (C=O) groups is 1. The molecule has 5 nitrogen and oxygen atoms in total. The van der Waals surface area contributed by atoms with Crippen LogP contribution in [0.3, 0.4) is 0 Å². The monoisotopic (exact) mass is 372 g/mol. The predicted molar refractivity (Wildman–Crippen MR) is 93.2 cm³/mol. The Morgan fingerprint density at radius 3 is 2.79 bits per heavy atom. The minimum absolute atomic E-state index is 0.0952. The van der Waals surface area contributed by atoms with Crippen LogP contribution < -0.4 is 5.32 Å². The van der Waals surface area contributed by atoms with E-state index >= 15 is 0 Å². The predicted octanol–water partition coefficient (Wildman–Crippen LogP) is 2.80. The number of benzene rings is 1. The van der Waals surface area contributed by atoms with Crippen LogP contribution in [0.4, 0.5) is 4.39 Å². The van der Waals surface area contributed by atoms with Crippen molar-refractivity contribution in [3.8, 4) is 0 Å². The Morgan fingerprint density at radius 1 is 1.46 bits per heavy atom. The lowest BCUT2D eigenvalue weighted by Crippen LogP contribution is -2.46. The first-order chi connectivity index (χ1) is 11.4. The fourth-order valence-corrected chi connectivity index (χ4v) is 2.93. The van der Waals surface area contributed by atoms with Crippen LogP contribution in [0.25, 0.3) is 0 Å². The first-order valence-electron chi connectivity index (χ1n) is 7.23. The molecule has 0 fully saturated rings. The van der Waals surface area contributed by atoms with Crippen molar-refractivity contribution >= 4 is 34.9 Å². The molecule has 1 N–H and O–H groups in total. The van der Waals surface area contributed by atoms with Crippen molar-refractivity contribution in [2.75, 3.05) is 27.4 Å². The standard InChI is InChI=1S/C16H18ClFN2O3S/c1-9-12(15(21)23-8-7-22-3)14(19-16(24)20(9)2)13-10(17)5-4-6-11(13)18/h4-6,14H,7-8H2,1-3H3,(H,19,24)/t14-/m1/s1. The van der Waals surface area contributed by atoms with Gasteiger partial charge in [0.05, 0.1) is 18.2 Å². The molecule has 0 spiro atoms. The second-order valence-electron chi connectivity index (χ2n) is 5.20. The van der Waals surface area contributed by atoms with E-state index in [0.717, 1.165) is 0 Å². The number of rotatable bonds is 5. The van der Waals surface area contributed by atoms with Crippen molar-refractivity contribution < 1.29 is 18.7 Å². The van der Waals surface area contributed by atoms with Crippen molar-refractivity contribution in [2.45, 2.75) is 13.0 Å². The normalized spacial score (nSPS) is 17.8. The largest absolute Gasteiger partial charge is 0.460 e. The Balaban J connectivity index is 2.47. The summed E-state index contributed by atoms with van der Waals surface area (Å²) in [6.07, 6.45) is 0. The lowest BCUT2D eigenvalue weighted by atomic mass is 9.94. The molecule has 0 unspecified atom stereocenters. The van der Waals surface area contributed by atoms with Crippen LogP contribution in [0.15, 0.2) is 29.5 Å². The number of ether oxygens (including phenoxy) is 2. The van der Waals surface area contributed by atoms with Gasteiger partial charge in [0, 0.05) is 30.4 Å². The maximum atomic E-state index is 14.4. The Labute approximate surface area is 150 Å². The van der Waals surface area contributed by atoms with Crippen LogP contribution in [0.1, 0.15) is 18.5 Å². The zero-order chi connectivity index (χ0) is 17.9. The summed E-state index contributed by atoms with van der Waals surface area (Å²) in [7, 11) is 3.22. The Bertz CT molecular complexity index is 676. The highest BCUT2D eigenvalue weighted by atomic mass is 35.5. The number of nitrogens with zero attached hydrogens (tertiary/aromatic N) is 1. The van der Waals surface area contributed by atoms with Gasteiger partial charge >= 0.3 is 5.97 Å². The van der Waals surface area contributed by atoms with E-state index in [0.29, 0.717) is 10.8 Å². The van der Waals surface area contributed by atoms with Crippen LogP contribution in [-0.2, 0) is 14.3 Å². The quantitative estimate of drug-likeness (QED) is 0.487. The third-order valence-electron chi connectivity index (χ3n) is 3.78. The van der Waals surface area contributed by atoms with E-state index in [1.165, 1.54) is 19.2 Å². The SMILES string of the molecule is COCCOC(=O)C1=C(C)N(C)C(=S)N[C@H]1c1c(F)cccc1Cl. The molecule has 0 amide bonds. The van der Waals surface area contributed by atoms with Gasteiger partial charge in [-0.05, 0) is 31.3 Å². The molecule has 1 aromatic rings. The van der Waals surface area contributed by atoms with Gasteiger partial charge in [-0.3, -0.25) is 0 Å². The van der Waals surface area contributed by atoms with Crippen molar-refractivity contribution in [2.24, 2.45) is 0 Å². The van der Waals surface area contributed by atoms with E-state index in [1.807, 2.05) is 0 Å². The van der Waals surface area contributed by atoms with E-state index in [9.17, 15) is 9.18 Å². The average molecular weight is 373 g/mol. The maximum Gasteiger partial charge on any atom is 0.338 e. The fourth-order valence-electron chi connectivity index (χ4n) is 2.40. The highest BCUT2D eigenvalue weighted by Gasteiger charge is 2.35. The molecule has 1 aromatic carbocycles. The molecule has 130 valence electrons. The van der Waals surface area contributed by atoms with Crippen LogP contribution in [0.2, 0.25) is 5.02 Å². The van der Waals surface area contributed by atoms with Gasteiger partial charge in [-0.2, -0.15) is 0 Å². The molecule has 24 heavy (non-hydrogen) atoms. The van der Waals surface area contributed by atoms with E-state index < -0.39 is 17.8 Å². The highest BCUT2D eigenvalue weighted by molar-refractivity contribution is 7.80. The van der Waals surface area contributed by atoms with Crippen LogP contribution in [0.5, 0.6) is 0 Å². The van der Waals surface area contributed by atoms with Gasteiger partial charge in [0.15, 0.2) is 5.11 Å². The Morgan fingerprint density at radius 2 is 2.17 bits per heavy atom. The van der Waals surface area contributed by atoms with E-state index in [1.54, 1.807) is 24.9 Å². The Kier molecular flexibility index (Phi) is 6.15. The summed E-state index contributed by atoms with van der Waals surface area (Å²) in [5.74, 6) is -1.10. The molecule has 0 aliphatic carbocycles. The lowest BCUT2D eigenvalue weighted by molar-refractivity contribution is -0.140. The maximum absolute atomic E-state index is 14.4. The smallest absolute Gasteiger partial charge is 0.338 e. The summed E-state index contributed by atoms with van der Waals surface area (Å²) in [6, 6.07) is 3.53. The molecule has 0 bridgehead atoms. The van der Waals surface area contributed by atoms with Crippen molar-refractivity contribution in [1.29, 1.82) is 0 Å². The van der Waals surface area contributed by atoms with Crippen LogP contribution in [0, 0.1) is 5.82 Å². The van der Waals surface area contributed by atoms with Gasteiger partial charge in [0.1, 0.15) is 12.4 Å². The first kappa shape index (κ1) is 18.6. The molecule has 0 radical (unpaired) electrons.